The van der Waals surface area contributed by atoms with Crippen LogP contribution >= 0.6 is 0 Å². The van der Waals surface area contributed by atoms with E-state index in [0.29, 0.717) is 11.5 Å². The fourth-order valence-corrected chi connectivity index (χ4v) is 3.84. The van der Waals surface area contributed by atoms with E-state index in [1.165, 1.54) is 11.3 Å². The zero-order chi connectivity index (χ0) is 19.1. The van der Waals surface area contributed by atoms with E-state index < -0.39 is 0 Å². The molecule has 0 atom stereocenters. The minimum atomic E-state index is 0.663. The zero-order valence-electron chi connectivity index (χ0n) is 15.8. The van der Waals surface area contributed by atoms with Gasteiger partial charge in [0.2, 0.25) is 0 Å². The van der Waals surface area contributed by atoms with E-state index in [-0.39, 0.29) is 0 Å². The number of rotatable bonds is 4. The first-order chi connectivity index (χ1) is 13.8. The van der Waals surface area contributed by atoms with Gasteiger partial charge in [0.1, 0.15) is 12.1 Å². The molecule has 0 amide bonds. The molecule has 0 spiro atoms. The highest BCUT2D eigenvalue weighted by Gasteiger charge is 2.24. The number of benzene rings is 2. The molecule has 3 heterocycles. The maximum Gasteiger partial charge on any atom is 0.162 e. The lowest BCUT2D eigenvalue weighted by Crippen LogP contribution is -2.15. The van der Waals surface area contributed by atoms with Gasteiger partial charge in [-0.15, -0.1) is 0 Å². The van der Waals surface area contributed by atoms with E-state index in [9.17, 15) is 0 Å². The van der Waals surface area contributed by atoms with Gasteiger partial charge in [-0.1, -0.05) is 6.07 Å². The second-order valence-corrected chi connectivity index (χ2v) is 6.73. The summed E-state index contributed by atoms with van der Waals surface area (Å²) in [7, 11) is 3.27. The predicted molar refractivity (Wildman–Crippen MR) is 109 cm³/mol. The minimum Gasteiger partial charge on any atom is -0.493 e. The van der Waals surface area contributed by atoms with Gasteiger partial charge in [0.15, 0.2) is 11.5 Å². The average Bonchev–Trinajstić information content (AvgIpc) is 3.41. The number of ether oxygens (including phenoxy) is 2. The molecular formula is C22H20N4O2. The molecule has 0 N–H and O–H groups in total. The standard InChI is InChI=1S/C22H20N4O2/c1-27-20-12-17-18(13-21(20)28-2)23-14-24-22(17)26-10-7-15-5-6-16(11-19(15)26)25-8-3-4-9-25/h3-6,8-9,11-14H,7,10H2,1-2H3. The molecule has 0 radical (unpaired) electrons. The van der Waals surface area contributed by atoms with E-state index >= 15 is 0 Å². The monoisotopic (exact) mass is 372 g/mol. The van der Waals surface area contributed by atoms with Crippen molar-refractivity contribution in [2.45, 2.75) is 6.42 Å². The van der Waals surface area contributed by atoms with Crippen molar-refractivity contribution in [1.82, 2.24) is 14.5 Å². The van der Waals surface area contributed by atoms with Crippen LogP contribution in [0.4, 0.5) is 11.5 Å². The van der Waals surface area contributed by atoms with Gasteiger partial charge in [-0.05, 0) is 42.3 Å². The highest BCUT2D eigenvalue weighted by molar-refractivity contribution is 5.94. The van der Waals surface area contributed by atoms with Crippen molar-refractivity contribution in [3.05, 3.63) is 66.7 Å². The summed E-state index contributed by atoms with van der Waals surface area (Å²) in [6, 6.07) is 14.5. The molecule has 140 valence electrons. The lowest BCUT2D eigenvalue weighted by molar-refractivity contribution is 0.356. The van der Waals surface area contributed by atoms with Gasteiger partial charge in [-0.2, -0.15) is 0 Å². The van der Waals surface area contributed by atoms with Gasteiger partial charge in [0.05, 0.1) is 19.7 Å². The molecule has 0 unspecified atom stereocenters. The smallest absolute Gasteiger partial charge is 0.162 e. The highest BCUT2D eigenvalue weighted by Crippen LogP contribution is 2.40. The van der Waals surface area contributed by atoms with Crippen molar-refractivity contribution in [3.8, 4) is 17.2 Å². The molecule has 1 aliphatic rings. The second-order valence-electron chi connectivity index (χ2n) is 6.73. The Bertz CT molecular complexity index is 1150. The summed E-state index contributed by atoms with van der Waals surface area (Å²) in [4.78, 5) is 11.3. The Balaban J connectivity index is 1.65. The maximum atomic E-state index is 5.50. The van der Waals surface area contributed by atoms with Crippen LogP contribution in [0.5, 0.6) is 11.5 Å². The Labute approximate surface area is 163 Å². The molecule has 28 heavy (non-hydrogen) atoms. The minimum absolute atomic E-state index is 0.663. The van der Waals surface area contributed by atoms with E-state index in [2.05, 4.69) is 50.0 Å². The molecule has 0 fully saturated rings. The van der Waals surface area contributed by atoms with Gasteiger partial charge in [-0.3, -0.25) is 0 Å². The number of methoxy groups -OCH3 is 2. The number of fused-ring (bicyclic) bond motifs is 2. The molecule has 6 nitrogen and oxygen atoms in total. The van der Waals surface area contributed by atoms with Crippen molar-refractivity contribution in [3.63, 3.8) is 0 Å². The van der Waals surface area contributed by atoms with Crippen LogP contribution in [0.25, 0.3) is 16.6 Å². The molecule has 5 rings (SSSR count). The van der Waals surface area contributed by atoms with Crippen LogP contribution in [-0.4, -0.2) is 35.3 Å². The maximum absolute atomic E-state index is 5.50. The van der Waals surface area contributed by atoms with Crippen LogP contribution in [0.15, 0.2) is 61.2 Å². The summed E-state index contributed by atoms with van der Waals surface area (Å²) >= 11 is 0. The summed E-state index contributed by atoms with van der Waals surface area (Å²) in [6.07, 6.45) is 6.70. The first kappa shape index (κ1) is 16.6. The van der Waals surface area contributed by atoms with Crippen LogP contribution in [0, 0.1) is 0 Å². The largest absolute Gasteiger partial charge is 0.493 e. The summed E-state index contributed by atoms with van der Waals surface area (Å²) in [5, 5.41) is 0.944. The van der Waals surface area contributed by atoms with Crippen LogP contribution in [0.2, 0.25) is 0 Å². The van der Waals surface area contributed by atoms with Crippen molar-refractivity contribution in [2.75, 3.05) is 25.7 Å². The third-order valence-electron chi connectivity index (χ3n) is 5.24. The molecule has 2 aromatic heterocycles. The number of hydrogen-bond acceptors (Lipinski definition) is 5. The van der Waals surface area contributed by atoms with Gasteiger partial charge in [0.25, 0.3) is 0 Å². The van der Waals surface area contributed by atoms with Crippen molar-refractivity contribution in [2.24, 2.45) is 0 Å². The van der Waals surface area contributed by atoms with Crippen molar-refractivity contribution < 1.29 is 9.47 Å². The third-order valence-corrected chi connectivity index (χ3v) is 5.24. The summed E-state index contributed by atoms with van der Waals surface area (Å²) < 4.78 is 13.0. The van der Waals surface area contributed by atoms with Crippen LogP contribution in [0.1, 0.15) is 5.56 Å². The Morgan fingerprint density at radius 1 is 0.929 bits per heavy atom. The summed E-state index contributed by atoms with van der Waals surface area (Å²) in [6.45, 7) is 0.880. The van der Waals surface area contributed by atoms with Gasteiger partial charge >= 0.3 is 0 Å². The fourth-order valence-electron chi connectivity index (χ4n) is 3.84. The molecule has 4 aromatic rings. The Hall–Kier alpha value is -3.54. The van der Waals surface area contributed by atoms with E-state index in [1.54, 1.807) is 20.5 Å². The second kappa shape index (κ2) is 6.56. The average molecular weight is 372 g/mol. The lowest BCUT2D eigenvalue weighted by Gasteiger charge is -2.21. The first-order valence-electron chi connectivity index (χ1n) is 9.19. The molecule has 6 heteroatoms. The Morgan fingerprint density at radius 3 is 2.50 bits per heavy atom. The number of anilines is 2. The van der Waals surface area contributed by atoms with E-state index in [1.807, 2.05) is 24.3 Å². The van der Waals surface area contributed by atoms with Gasteiger partial charge in [-0.25, -0.2) is 9.97 Å². The number of hydrogen-bond donors (Lipinski definition) is 0. The Kier molecular flexibility index (Phi) is 3.90. The topological polar surface area (TPSA) is 52.4 Å². The molecule has 0 saturated heterocycles. The van der Waals surface area contributed by atoms with Crippen LogP contribution in [-0.2, 0) is 6.42 Å². The third kappa shape index (κ3) is 2.57. The van der Waals surface area contributed by atoms with Crippen molar-refractivity contribution in [1.29, 1.82) is 0 Å². The van der Waals surface area contributed by atoms with Gasteiger partial charge in [0, 0.05) is 41.8 Å². The predicted octanol–water partition coefficient (Wildman–Crippen LogP) is 4.13. The quantitative estimate of drug-likeness (QED) is 0.539. The zero-order valence-corrected chi connectivity index (χ0v) is 15.8. The molecule has 1 aliphatic heterocycles. The molecule has 0 saturated carbocycles. The Morgan fingerprint density at radius 2 is 1.71 bits per heavy atom. The molecule has 0 aliphatic carbocycles. The van der Waals surface area contributed by atoms with Crippen LogP contribution in [0.3, 0.4) is 0 Å². The number of nitrogens with zero attached hydrogens (tertiary/aromatic N) is 4. The highest BCUT2D eigenvalue weighted by atomic mass is 16.5. The molecule has 2 aromatic carbocycles. The molecular weight excluding hydrogens is 352 g/mol. The van der Waals surface area contributed by atoms with Crippen molar-refractivity contribution >= 4 is 22.4 Å². The number of aromatic nitrogens is 3. The van der Waals surface area contributed by atoms with Gasteiger partial charge < -0.3 is 18.9 Å². The summed E-state index contributed by atoms with van der Waals surface area (Å²) in [5.41, 5.74) is 4.47. The lowest BCUT2D eigenvalue weighted by atomic mass is 10.1. The SMILES string of the molecule is COc1cc2ncnc(N3CCc4ccc(-n5cccc5)cc43)c2cc1OC. The van der Waals surface area contributed by atoms with E-state index in [4.69, 9.17) is 9.47 Å². The summed E-state index contributed by atoms with van der Waals surface area (Å²) in [5.74, 6) is 2.22. The normalized spacial score (nSPS) is 13.0. The molecule has 0 bridgehead atoms. The van der Waals surface area contributed by atoms with Crippen LogP contribution < -0.4 is 14.4 Å². The fraction of sp³-hybridized carbons (Fsp3) is 0.182. The first-order valence-corrected chi connectivity index (χ1v) is 9.19. The van der Waals surface area contributed by atoms with E-state index in [0.717, 1.165) is 35.4 Å².